The van der Waals surface area contributed by atoms with E-state index in [2.05, 4.69) is 22.3 Å². The summed E-state index contributed by atoms with van der Waals surface area (Å²) in [6.45, 7) is 0.919. The molecular formula is C14H18N2O2. The Labute approximate surface area is 107 Å². The minimum atomic E-state index is 0.193. The number of rotatable bonds is 2. The van der Waals surface area contributed by atoms with E-state index in [9.17, 15) is 4.79 Å². The largest absolute Gasteiger partial charge is 0.497 e. The number of piperidine rings is 1. The number of methoxy groups -OCH3 is 1. The first-order chi connectivity index (χ1) is 8.76. The van der Waals surface area contributed by atoms with Gasteiger partial charge in [0.25, 0.3) is 0 Å². The fraction of sp³-hybridized carbons (Fsp3) is 0.500. The van der Waals surface area contributed by atoms with Crippen LogP contribution in [-0.4, -0.2) is 31.6 Å². The molecule has 3 fully saturated rings. The highest BCUT2D eigenvalue weighted by atomic mass is 16.5. The van der Waals surface area contributed by atoms with Crippen molar-refractivity contribution in [2.75, 3.05) is 18.6 Å². The topological polar surface area (TPSA) is 41.6 Å². The molecule has 3 aliphatic rings. The summed E-state index contributed by atoms with van der Waals surface area (Å²) in [6.07, 6.45) is 2.81. The summed E-state index contributed by atoms with van der Waals surface area (Å²) >= 11 is 0. The molecule has 0 aliphatic carbocycles. The molecule has 0 saturated carbocycles. The Morgan fingerprint density at radius 1 is 1.28 bits per heavy atom. The molecule has 4 nitrogen and oxygen atoms in total. The Morgan fingerprint density at radius 2 is 2.06 bits per heavy atom. The highest BCUT2D eigenvalue weighted by Gasteiger charge is 2.34. The number of carbonyl (C=O) groups excluding carboxylic acids is 1. The van der Waals surface area contributed by atoms with Gasteiger partial charge in [0.2, 0.25) is 5.91 Å². The molecule has 1 aromatic rings. The predicted octanol–water partition coefficient (Wildman–Crippen LogP) is 1.55. The lowest BCUT2D eigenvalue weighted by atomic mass is 9.98. The van der Waals surface area contributed by atoms with Crippen molar-refractivity contribution in [2.45, 2.75) is 31.3 Å². The van der Waals surface area contributed by atoms with Crippen molar-refractivity contribution in [1.82, 2.24) is 5.32 Å². The van der Waals surface area contributed by atoms with E-state index in [0.29, 0.717) is 18.5 Å². The van der Waals surface area contributed by atoms with Crippen LogP contribution in [0.1, 0.15) is 19.3 Å². The molecular weight excluding hydrogens is 228 g/mol. The Balaban J connectivity index is 1.85. The fourth-order valence-corrected chi connectivity index (χ4v) is 2.95. The molecule has 3 saturated heterocycles. The fourth-order valence-electron chi connectivity index (χ4n) is 2.95. The maximum absolute atomic E-state index is 11.7. The van der Waals surface area contributed by atoms with Crippen LogP contribution in [0.15, 0.2) is 24.3 Å². The van der Waals surface area contributed by atoms with Crippen molar-refractivity contribution < 1.29 is 9.53 Å². The molecule has 2 unspecified atom stereocenters. The summed E-state index contributed by atoms with van der Waals surface area (Å²) in [4.78, 5) is 14.0. The van der Waals surface area contributed by atoms with Gasteiger partial charge in [-0.05, 0) is 37.1 Å². The van der Waals surface area contributed by atoms with Gasteiger partial charge >= 0.3 is 0 Å². The summed E-state index contributed by atoms with van der Waals surface area (Å²) in [6, 6.07) is 8.75. The monoisotopic (exact) mass is 246 g/mol. The molecule has 3 aliphatic heterocycles. The highest BCUT2D eigenvalue weighted by Crippen LogP contribution is 2.30. The van der Waals surface area contributed by atoms with Gasteiger partial charge in [-0.25, -0.2) is 0 Å². The maximum Gasteiger partial charge on any atom is 0.222 e. The molecule has 1 N–H and O–H groups in total. The lowest BCUT2D eigenvalue weighted by Crippen LogP contribution is -2.46. The molecule has 2 bridgehead atoms. The Bertz CT molecular complexity index is 444. The van der Waals surface area contributed by atoms with E-state index in [4.69, 9.17) is 4.74 Å². The average Bonchev–Trinajstić information content (AvgIpc) is 2.67. The van der Waals surface area contributed by atoms with Crippen molar-refractivity contribution in [3.63, 3.8) is 0 Å². The van der Waals surface area contributed by atoms with Gasteiger partial charge in [-0.3, -0.25) is 4.79 Å². The SMILES string of the molecule is COc1ccc(N2CC3CCC2CC(=O)N3)cc1. The normalized spacial score (nSPS) is 26.7. The number of nitrogens with one attached hydrogen (secondary N) is 1. The number of anilines is 1. The smallest absolute Gasteiger partial charge is 0.222 e. The first-order valence-corrected chi connectivity index (χ1v) is 6.46. The van der Waals surface area contributed by atoms with Crippen LogP contribution >= 0.6 is 0 Å². The van der Waals surface area contributed by atoms with Crippen LogP contribution in [-0.2, 0) is 4.79 Å². The van der Waals surface area contributed by atoms with Crippen LogP contribution in [0.4, 0.5) is 5.69 Å². The Kier molecular flexibility index (Phi) is 2.86. The maximum atomic E-state index is 11.7. The van der Waals surface area contributed by atoms with Crippen molar-refractivity contribution >= 4 is 11.6 Å². The van der Waals surface area contributed by atoms with Crippen molar-refractivity contribution in [3.05, 3.63) is 24.3 Å². The standard InChI is InChI=1S/C14H18N2O2/c1-18-13-6-4-11(5-7-13)16-9-10-2-3-12(16)8-14(17)15-10/h4-7,10,12H,2-3,8-9H2,1H3,(H,15,17). The van der Waals surface area contributed by atoms with E-state index >= 15 is 0 Å². The summed E-state index contributed by atoms with van der Waals surface area (Å²) in [5, 5.41) is 3.09. The third kappa shape index (κ3) is 2.03. The molecule has 0 spiro atoms. The zero-order chi connectivity index (χ0) is 12.5. The van der Waals surface area contributed by atoms with Gasteiger partial charge < -0.3 is 15.0 Å². The molecule has 2 atom stereocenters. The number of fused-ring (bicyclic) bond motifs is 4. The van der Waals surface area contributed by atoms with Gasteiger partial charge in [0, 0.05) is 30.7 Å². The highest BCUT2D eigenvalue weighted by molar-refractivity contribution is 5.78. The molecule has 96 valence electrons. The van der Waals surface area contributed by atoms with Crippen LogP contribution in [0.25, 0.3) is 0 Å². The second-order valence-corrected chi connectivity index (χ2v) is 5.05. The first-order valence-electron chi connectivity index (χ1n) is 6.46. The number of benzene rings is 1. The molecule has 1 aromatic carbocycles. The molecule has 18 heavy (non-hydrogen) atoms. The van der Waals surface area contributed by atoms with Gasteiger partial charge in [-0.1, -0.05) is 0 Å². The summed E-state index contributed by atoms with van der Waals surface area (Å²) in [5.74, 6) is 1.06. The third-order valence-corrected chi connectivity index (χ3v) is 3.90. The second kappa shape index (κ2) is 4.52. The lowest BCUT2D eigenvalue weighted by molar-refractivity contribution is -0.121. The second-order valence-electron chi connectivity index (χ2n) is 5.05. The Hall–Kier alpha value is -1.71. The number of amides is 1. The molecule has 0 radical (unpaired) electrons. The number of hydrogen-bond acceptors (Lipinski definition) is 3. The van der Waals surface area contributed by atoms with E-state index in [1.807, 2.05) is 12.1 Å². The number of nitrogens with zero attached hydrogens (tertiary/aromatic N) is 1. The minimum Gasteiger partial charge on any atom is -0.497 e. The van der Waals surface area contributed by atoms with E-state index in [-0.39, 0.29) is 5.91 Å². The molecule has 4 rings (SSSR count). The van der Waals surface area contributed by atoms with E-state index in [1.165, 1.54) is 5.69 Å². The van der Waals surface area contributed by atoms with Gasteiger partial charge in [0.1, 0.15) is 5.75 Å². The zero-order valence-corrected chi connectivity index (χ0v) is 10.6. The quantitative estimate of drug-likeness (QED) is 0.861. The molecule has 4 heteroatoms. The van der Waals surface area contributed by atoms with Crippen LogP contribution < -0.4 is 15.0 Å². The van der Waals surface area contributed by atoms with Gasteiger partial charge in [-0.2, -0.15) is 0 Å². The minimum absolute atomic E-state index is 0.193. The molecule has 1 amide bonds. The number of hydrogen-bond donors (Lipinski definition) is 1. The molecule has 3 heterocycles. The summed E-state index contributed by atoms with van der Waals surface area (Å²) < 4.78 is 5.18. The Morgan fingerprint density at radius 3 is 2.78 bits per heavy atom. The van der Waals surface area contributed by atoms with Crippen molar-refractivity contribution in [1.29, 1.82) is 0 Å². The van der Waals surface area contributed by atoms with Gasteiger partial charge in [0.05, 0.1) is 7.11 Å². The van der Waals surface area contributed by atoms with Crippen LogP contribution in [0.2, 0.25) is 0 Å². The lowest BCUT2D eigenvalue weighted by Gasteiger charge is -2.37. The van der Waals surface area contributed by atoms with E-state index in [0.717, 1.165) is 25.1 Å². The van der Waals surface area contributed by atoms with Crippen LogP contribution in [0.3, 0.4) is 0 Å². The zero-order valence-electron chi connectivity index (χ0n) is 10.6. The first kappa shape index (κ1) is 11.4. The summed E-state index contributed by atoms with van der Waals surface area (Å²) in [7, 11) is 1.67. The third-order valence-electron chi connectivity index (χ3n) is 3.90. The van der Waals surface area contributed by atoms with E-state index < -0.39 is 0 Å². The van der Waals surface area contributed by atoms with Gasteiger partial charge in [0.15, 0.2) is 0 Å². The number of carbonyl (C=O) groups is 1. The van der Waals surface area contributed by atoms with Gasteiger partial charge in [-0.15, -0.1) is 0 Å². The number of ether oxygens (including phenoxy) is 1. The summed E-state index contributed by atoms with van der Waals surface area (Å²) in [5.41, 5.74) is 1.18. The molecule has 0 aromatic heterocycles. The van der Waals surface area contributed by atoms with Crippen LogP contribution in [0.5, 0.6) is 5.75 Å². The predicted molar refractivity (Wildman–Crippen MR) is 69.9 cm³/mol. The average molecular weight is 246 g/mol. The van der Waals surface area contributed by atoms with Crippen molar-refractivity contribution in [2.24, 2.45) is 0 Å². The van der Waals surface area contributed by atoms with Crippen molar-refractivity contribution in [3.8, 4) is 5.75 Å². The van der Waals surface area contributed by atoms with Crippen LogP contribution in [0, 0.1) is 0 Å². The van der Waals surface area contributed by atoms with E-state index in [1.54, 1.807) is 7.11 Å².